The molecule has 200 valence electrons. The van der Waals surface area contributed by atoms with Gasteiger partial charge in [-0.05, 0) is 60.3 Å². The first kappa shape index (κ1) is 25.3. The van der Waals surface area contributed by atoms with Crippen molar-refractivity contribution < 1.29 is 9.30 Å². The second-order valence-electron chi connectivity index (χ2n) is 10.9. The molecule has 1 atom stereocenters. The van der Waals surface area contributed by atoms with Gasteiger partial charge in [0.1, 0.15) is 12.2 Å². The highest BCUT2D eigenvalue weighted by Gasteiger charge is 2.25. The van der Waals surface area contributed by atoms with Crippen molar-refractivity contribution in [3.8, 4) is 28.3 Å². The van der Waals surface area contributed by atoms with Gasteiger partial charge < -0.3 is 4.74 Å². The van der Waals surface area contributed by atoms with Crippen LogP contribution in [0.3, 0.4) is 0 Å². The summed E-state index contributed by atoms with van der Waals surface area (Å²) in [6.45, 7) is 2.28. The summed E-state index contributed by atoms with van der Waals surface area (Å²) < 4.78 is 10.2. The number of hydrogen-bond acceptors (Lipinski definition) is 6. The average Bonchev–Trinajstić information content (AvgIpc) is 3.56. The van der Waals surface area contributed by atoms with E-state index in [0.29, 0.717) is 11.9 Å². The molecule has 2 aliphatic rings. The number of rotatable bonds is 8. The van der Waals surface area contributed by atoms with E-state index >= 15 is 0 Å². The van der Waals surface area contributed by atoms with E-state index in [0.717, 1.165) is 59.0 Å². The molecule has 0 spiro atoms. The third-order valence-corrected chi connectivity index (χ3v) is 7.96. The van der Waals surface area contributed by atoms with Crippen molar-refractivity contribution in [2.75, 3.05) is 0 Å². The van der Waals surface area contributed by atoms with Gasteiger partial charge in [0.15, 0.2) is 12.0 Å². The summed E-state index contributed by atoms with van der Waals surface area (Å²) in [5.41, 5.74) is 5.37. The maximum Gasteiger partial charge on any atom is 0.330 e. The van der Waals surface area contributed by atoms with E-state index in [-0.39, 0.29) is 6.04 Å². The van der Waals surface area contributed by atoms with Gasteiger partial charge in [-0.2, -0.15) is 10.2 Å². The van der Waals surface area contributed by atoms with Gasteiger partial charge in [0, 0.05) is 42.6 Å². The van der Waals surface area contributed by atoms with Gasteiger partial charge in [-0.15, -0.1) is 5.11 Å². The summed E-state index contributed by atoms with van der Waals surface area (Å²) in [7, 11) is 3.95. The summed E-state index contributed by atoms with van der Waals surface area (Å²) in [5.74, 6) is 3.32. The Morgan fingerprint density at radius 2 is 1.87 bits per heavy atom. The molecule has 39 heavy (non-hydrogen) atoms. The summed E-state index contributed by atoms with van der Waals surface area (Å²) in [6.07, 6.45) is 18.1. The van der Waals surface area contributed by atoms with Crippen molar-refractivity contribution in [1.82, 2.24) is 19.7 Å². The first-order valence-electron chi connectivity index (χ1n) is 14.1. The molecule has 8 nitrogen and oxygen atoms in total. The lowest BCUT2D eigenvalue weighted by molar-refractivity contribution is -0.663. The molecule has 0 N–H and O–H groups in total. The number of azo groups is 1. The smallest absolute Gasteiger partial charge is 0.330 e. The predicted molar refractivity (Wildman–Crippen MR) is 150 cm³/mol. The standard InChI is InChI=1S/C31H36N7O/c1-4-6-21-9-11-26(12-10-21)39-27-18-33-31(37(2)20-27)23-8-5-7-22(13-23)14-29-28-15-24(16-32-30(28)36-35-29)25-17-34-38(3)19-25/h5,7-8,13,15-21,26,29H,4,6,9-12,14H2,1-3H3/q+1. The van der Waals surface area contributed by atoms with Crippen LogP contribution < -0.4 is 9.30 Å². The molecule has 1 fully saturated rings. The van der Waals surface area contributed by atoms with Gasteiger partial charge in [-0.3, -0.25) is 4.68 Å². The quantitative estimate of drug-likeness (QED) is 0.248. The zero-order chi connectivity index (χ0) is 26.8. The minimum absolute atomic E-state index is 0.0655. The number of fused-ring (bicyclic) bond motifs is 1. The highest BCUT2D eigenvalue weighted by molar-refractivity contribution is 5.64. The molecule has 1 unspecified atom stereocenters. The van der Waals surface area contributed by atoms with Crippen LogP contribution in [-0.2, 0) is 20.5 Å². The van der Waals surface area contributed by atoms with Gasteiger partial charge in [0.25, 0.3) is 0 Å². The van der Waals surface area contributed by atoms with Crippen LogP contribution in [-0.4, -0.2) is 25.9 Å². The Hall–Kier alpha value is -3.94. The van der Waals surface area contributed by atoms with Crippen molar-refractivity contribution >= 4 is 5.82 Å². The first-order valence-corrected chi connectivity index (χ1v) is 14.1. The largest absolute Gasteiger partial charge is 0.483 e. The first-order chi connectivity index (χ1) is 19.1. The average molecular weight is 523 g/mol. The fraction of sp³-hybridized carbons (Fsp3) is 0.419. The third kappa shape index (κ3) is 5.60. The molecule has 6 rings (SSSR count). The van der Waals surface area contributed by atoms with Crippen LogP contribution in [0.5, 0.6) is 5.75 Å². The van der Waals surface area contributed by atoms with E-state index in [1.807, 2.05) is 38.9 Å². The van der Waals surface area contributed by atoms with Gasteiger partial charge in [-0.1, -0.05) is 31.9 Å². The summed E-state index contributed by atoms with van der Waals surface area (Å²) in [4.78, 5) is 9.35. The lowest BCUT2D eigenvalue weighted by atomic mass is 9.85. The molecule has 4 heterocycles. The summed E-state index contributed by atoms with van der Waals surface area (Å²) in [6, 6.07) is 10.6. The number of pyridine rings is 1. The molecule has 4 aromatic rings. The number of benzene rings is 1. The molecule has 3 aromatic heterocycles. The molecular weight excluding hydrogens is 486 g/mol. The second kappa shape index (κ2) is 11.0. The van der Waals surface area contributed by atoms with Gasteiger partial charge in [-0.25, -0.2) is 9.55 Å². The molecule has 1 saturated carbocycles. The Labute approximate surface area is 229 Å². The fourth-order valence-electron chi connectivity index (χ4n) is 5.91. The van der Waals surface area contributed by atoms with Gasteiger partial charge in [0.05, 0.1) is 24.9 Å². The number of aryl methyl sites for hydroxylation is 2. The van der Waals surface area contributed by atoms with E-state index in [9.17, 15) is 0 Å². The van der Waals surface area contributed by atoms with Crippen LogP contribution in [0.25, 0.3) is 22.5 Å². The predicted octanol–water partition coefficient (Wildman–Crippen LogP) is 6.49. The number of ether oxygens (including phenoxy) is 1. The zero-order valence-electron chi connectivity index (χ0n) is 23.0. The van der Waals surface area contributed by atoms with E-state index in [1.54, 1.807) is 4.68 Å². The topological polar surface area (TPSA) is 81.4 Å². The Bertz CT molecular complexity index is 1490. The normalized spacial score (nSPS) is 20.2. The van der Waals surface area contributed by atoms with Gasteiger partial charge >= 0.3 is 5.82 Å². The molecule has 1 aromatic carbocycles. The van der Waals surface area contributed by atoms with E-state index < -0.39 is 0 Å². The number of aromatic nitrogens is 5. The van der Waals surface area contributed by atoms with E-state index in [1.165, 1.54) is 31.2 Å². The van der Waals surface area contributed by atoms with Crippen LogP contribution in [0.2, 0.25) is 0 Å². The summed E-state index contributed by atoms with van der Waals surface area (Å²) in [5, 5.41) is 13.2. The van der Waals surface area contributed by atoms with Crippen molar-refractivity contribution in [1.29, 1.82) is 0 Å². The van der Waals surface area contributed by atoms with Crippen molar-refractivity contribution in [3.05, 3.63) is 72.4 Å². The fourth-order valence-corrected chi connectivity index (χ4v) is 5.91. The number of hydrogen-bond donors (Lipinski definition) is 0. The molecule has 0 radical (unpaired) electrons. The Kier molecular flexibility index (Phi) is 7.18. The van der Waals surface area contributed by atoms with E-state index in [4.69, 9.17) is 9.72 Å². The molecule has 1 aliphatic heterocycles. The minimum Gasteiger partial charge on any atom is -0.483 e. The van der Waals surface area contributed by atoms with Crippen LogP contribution in [0.1, 0.15) is 62.6 Å². The maximum absolute atomic E-state index is 6.32. The van der Waals surface area contributed by atoms with Gasteiger partial charge in [0.2, 0.25) is 5.75 Å². The van der Waals surface area contributed by atoms with Crippen LogP contribution in [0, 0.1) is 5.92 Å². The lowest BCUT2D eigenvalue weighted by Gasteiger charge is -2.28. The van der Waals surface area contributed by atoms with Crippen molar-refractivity contribution in [2.24, 2.45) is 30.2 Å². The van der Waals surface area contributed by atoms with Crippen molar-refractivity contribution in [2.45, 2.75) is 64.0 Å². The second-order valence-corrected chi connectivity index (χ2v) is 10.9. The van der Waals surface area contributed by atoms with E-state index in [2.05, 4.69) is 68.3 Å². The molecule has 1 aliphatic carbocycles. The monoisotopic (exact) mass is 522 g/mol. The summed E-state index contributed by atoms with van der Waals surface area (Å²) >= 11 is 0. The van der Waals surface area contributed by atoms with Crippen LogP contribution in [0.15, 0.2) is 71.5 Å². The third-order valence-electron chi connectivity index (χ3n) is 7.96. The Morgan fingerprint density at radius 1 is 1.00 bits per heavy atom. The Balaban J connectivity index is 1.15. The molecular formula is C31H36N7O+. The molecule has 0 amide bonds. The zero-order valence-corrected chi connectivity index (χ0v) is 23.0. The SMILES string of the molecule is CCCC1CCC(Oc2cnc(-c3cccc(CC4N=Nc5ncc(-c6cnn(C)c6)cc54)c3)[n+](C)c2)CC1. The highest BCUT2D eigenvalue weighted by atomic mass is 16.5. The van der Waals surface area contributed by atoms with Crippen molar-refractivity contribution in [3.63, 3.8) is 0 Å². The van der Waals surface area contributed by atoms with Crippen LogP contribution >= 0.6 is 0 Å². The highest BCUT2D eigenvalue weighted by Crippen LogP contribution is 2.38. The maximum atomic E-state index is 6.32. The minimum atomic E-state index is -0.0655. The lowest BCUT2D eigenvalue weighted by Crippen LogP contribution is -2.33. The Morgan fingerprint density at radius 3 is 2.64 bits per heavy atom. The van der Waals surface area contributed by atoms with Crippen LogP contribution in [0.4, 0.5) is 5.82 Å². The molecule has 8 heteroatoms. The number of nitrogens with zero attached hydrogens (tertiary/aromatic N) is 7. The molecule has 0 bridgehead atoms. The molecule has 0 saturated heterocycles.